The summed E-state index contributed by atoms with van der Waals surface area (Å²) < 4.78 is 17.9. The molecule has 3 nitrogen and oxygen atoms in total. The lowest BCUT2D eigenvalue weighted by Crippen LogP contribution is -2.20. The highest BCUT2D eigenvalue weighted by Crippen LogP contribution is 2.30. The Morgan fingerprint density at radius 3 is 1.88 bits per heavy atom. The van der Waals surface area contributed by atoms with E-state index in [1.165, 1.54) is 0 Å². The van der Waals surface area contributed by atoms with Crippen LogP contribution in [0.3, 0.4) is 0 Å². The standard InChI is InChI=1S/C18H18Cl2O3S/c1-2-11-23-17(21)12-24(22)18(13-3-7-15(19)8-4-13)14-5-9-16(20)10-6-14/h3-10,18H,2,11-12H2,1H3. The third-order valence-electron chi connectivity index (χ3n) is 3.34. The number of hydrogen-bond acceptors (Lipinski definition) is 3. The maximum absolute atomic E-state index is 12.8. The number of carbonyl (C=O) groups is 1. The minimum Gasteiger partial charge on any atom is -0.465 e. The number of carbonyl (C=O) groups excluding carboxylic acids is 1. The van der Waals surface area contributed by atoms with Gasteiger partial charge in [-0.2, -0.15) is 0 Å². The topological polar surface area (TPSA) is 43.4 Å². The number of esters is 1. The summed E-state index contributed by atoms with van der Waals surface area (Å²) in [6, 6.07) is 14.2. The second kappa shape index (κ2) is 9.21. The first-order chi connectivity index (χ1) is 11.5. The van der Waals surface area contributed by atoms with Crippen molar-refractivity contribution in [2.45, 2.75) is 18.6 Å². The van der Waals surface area contributed by atoms with E-state index in [4.69, 9.17) is 27.9 Å². The van der Waals surface area contributed by atoms with Crippen LogP contribution < -0.4 is 0 Å². The predicted octanol–water partition coefficient (Wildman–Crippen LogP) is 4.78. The van der Waals surface area contributed by atoms with E-state index in [1.54, 1.807) is 24.3 Å². The molecule has 0 N–H and O–H groups in total. The van der Waals surface area contributed by atoms with Gasteiger partial charge in [0.15, 0.2) is 0 Å². The van der Waals surface area contributed by atoms with Crippen LogP contribution >= 0.6 is 23.2 Å². The van der Waals surface area contributed by atoms with Crippen molar-refractivity contribution in [3.05, 3.63) is 69.7 Å². The fourth-order valence-corrected chi connectivity index (χ4v) is 3.88. The fourth-order valence-electron chi connectivity index (χ4n) is 2.23. The van der Waals surface area contributed by atoms with Gasteiger partial charge in [0.05, 0.1) is 11.9 Å². The minimum atomic E-state index is -1.47. The van der Waals surface area contributed by atoms with Crippen molar-refractivity contribution in [2.75, 3.05) is 12.4 Å². The van der Waals surface area contributed by atoms with E-state index in [0.717, 1.165) is 17.5 Å². The van der Waals surface area contributed by atoms with Gasteiger partial charge < -0.3 is 4.74 Å². The quantitative estimate of drug-likeness (QED) is 0.644. The number of ether oxygens (including phenoxy) is 1. The van der Waals surface area contributed by atoms with Crippen molar-refractivity contribution in [2.24, 2.45) is 0 Å². The molecule has 0 aliphatic rings. The van der Waals surface area contributed by atoms with Gasteiger partial charge in [-0.15, -0.1) is 0 Å². The van der Waals surface area contributed by atoms with Crippen LogP contribution in [0.2, 0.25) is 10.0 Å². The van der Waals surface area contributed by atoms with Gasteiger partial charge in [-0.05, 0) is 41.8 Å². The Balaban J connectivity index is 2.28. The van der Waals surface area contributed by atoms with E-state index in [-0.39, 0.29) is 5.75 Å². The molecule has 0 saturated carbocycles. The van der Waals surface area contributed by atoms with Crippen molar-refractivity contribution in [3.8, 4) is 0 Å². The highest BCUT2D eigenvalue weighted by molar-refractivity contribution is 7.86. The molecule has 0 amide bonds. The molecular formula is C18H18Cl2O3S. The van der Waals surface area contributed by atoms with Crippen LogP contribution in [0.4, 0.5) is 0 Å². The van der Waals surface area contributed by atoms with E-state index in [2.05, 4.69) is 0 Å². The lowest BCUT2D eigenvalue weighted by atomic mass is 10.0. The van der Waals surface area contributed by atoms with E-state index in [1.807, 2.05) is 31.2 Å². The molecule has 0 aromatic heterocycles. The predicted molar refractivity (Wildman–Crippen MR) is 99.0 cm³/mol. The van der Waals surface area contributed by atoms with Gasteiger partial charge in [0, 0.05) is 20.8 Å². The molecule has 1 atom stereocenters. The molecule has 2 aromatic rings. The second-order valence-electron chi connectivity index (χ2n) is 5.23. The van der Waals surface area contributed by atoms with Crippen LogP contribution in [0.5, 0.6) is 0 Å². The molecule has 0 spiro atoms. The van der Waals surface area contributed by atoms with E-state index < -0.39 is 22.0 Å². The third-order valence-corrected chi connectivity index (χ3v) is 5.43. The summed E-state index contributed by atoms with van der Waals surface area (Å²) in [6.45, 7) is 2.25. The van der Waals surface area contributed by atoms with Crippen LogP contribution in [0.15, 0.2) is 48.5 Å². The number of rotatable bonds is 7. The van der Waals surface area contributed by atoms with Gasteiger partial charge in [0.2, 0.25) is 0 Å². The van der Waals surface area contributed by atoms with Gasteiger partial charge in [-0.1, -0.05) is 54.4 Å². The van der Waals surface area contributed by atoms with Crippen molar-refractivity contribution in [1.29, 1.82) is 0 Å². The maximum atomic E-state index is 12.8. The molecule has 24 heavy (non-hydrogen) atoms. The lowest BCUT2D eigenvalue weighted by Gasteiger charge is -2.18. The summed E-state index contributed by atoms with van der Waals surface area (Å²) in [4.78, 5) is 11.8. The molecular weight excluding hydrogens is 367 g/mol. The zero-order chi connectivity index (χ0) is 17.5. The number of halogens is 2. The zero-order valence-corrected chi connectivity index (χ0v) is 15.5. The van der Waals surface area contributed by atoms with Gasteiger partial charge in [-0.3, -0.25) is 9.00 Å². The van der Waals surface area contributed by atoms with Crippen LogP contribution in [0.1, 0.15) is 29.7 Å². The van der Waals surface area contributed by atoms with Crippen molar-refractivity contribution < 1.29 is 13.7 Å². The average Bonchev–Trinajstić information content (AvgIpc) is 2.56. The Hall–Kier alpha value is -1.36. The van der Waals surface area contributed by atoms with Crippen LogP contribution in [0, 0.1) is 0 Å². The lowest BCUT2D eigenvalue weighted by molar-refractivity contribution is -0.140. The Bertz CT molecular complexity index is 654. The second-order valence-corrected chi connectivity index (χ2v) is 7.62. The monoisotopic (exact) mass is 384 g/mol. The zero-order valence-electron chi connectivity index (χ0n) is 13.2. The average molecular weight is 385 g/mol. The molecule has 0 bridgehead atoms. The molecule has 2 rings (SSSR count). The Morgan fingerprint density at radius 2 is 1.46 bits per heavy atom. The highest BCUT2D eigenvalue weighted by Gasteiger charge is 2.24. The van der Waals surface area contributed by atoms with Gasteiger partial charge in [-0.25, -0.2) is 0 Å². The smallest absolute Gasteiger partial charge is 0.318 e. The summed E-state index contributed by atoms with van der Waals surface area (Å²) in [6.07, 6.45) is 0.732. The van der Waals surface area contributed by atoms with Crippen molar-refractivity contribution >= 4 is 40.0 Å². The van der Waals surface area contributed by atoms with Crippen LogP contribution in [0.25, 0.3) is 0 Å². The molecule has 0 fully saturated rings. The van der Waals surface area contributed by atoms with E-state index >= 15 is 0 Å². The molecule has 0 aliphatic heterocycles. The number of hydrogen-bond donors (Lipinski definition) is 0. The van der Waals surface area contributed by atoms with Crippen LogP contribution in [-0.2, 0) is 20.3 Å². The number of benzene rings is 2. The molecule has 2 aromatic carbocycles. The Kier molecular flexibility index (Phi) is 7.28. The Morgan fingerprint density at radius 1 is 1.00 bits per heavy atom. The summed E-state index contributed by atoms with van der Waals surface area (Å²) in [5.74, 6) is -0.612. The summed E-state index contributed by atoms with van der Waals surface area (Å²) in [5.41, 5.74) is 1.65. The molecule has 0 aliphatic carbocycles. The summed E-state index contributed by atoms with van der Waals surface area (Å²) in [7, 11) is -1.47. The summed E-state index contributed by atoms with van der Waals surface area (Å²) in [5, 5.41) is 0.747. The largest absolute Gasteiger partial charge is 0.465 e. The highest BCUT2D eigenvalue weighted by atomic mass is 35.5. The SMILES string of the molecule is CCCOC(=O)CS(=O)C(c1ccc(Cl)cc1)c1ccc(Cl)cc1. The van der Waals surface area contributed by atoms with Crippen LogP contribution in [-0.4, -0.2) is 22.5 Å². The van der Waals surface area contributed by atoms with Crippen molar-refractivity contribution in [1.82, 2.24) is 0 Å². The first kappa shape index (κ1) is 19.0. The maximum Gasteiger partial charge on any atom is 0.318 e. The normalized spacial score (nSPS) is 12.2. The molecule has 0 heterocycles. The van der Waals surface area contributed by atoms with E-state index in [9.17, 15) is 9.00 Å². The third kappa shape index (κ3) is 5.33. The van der Waals surface area contributed by atoms with Gasteiger partial charge in [0.1, 0.15) is 5.75 Å². The molecule has 1 unspecified atom stereocenters. The van der Waals surface area contributed by atoms with Gasteiger partial charge in [0.25, 0.3) is 0 Å². The van der Waals surface area contributed by atoms with Crippen molar-refractivity contribution in [3.63, 3.8) is 0 Å². The summed E-state index contributed by atoms with van der Waals surface area (Å²) >= 11 is 11.9. The minimum absolute atomic E-state index is 0.157. The van der Waals surface area contributed by atoms with E-state index in [0.29, 0.717) is 16.7 Å². The first-order valence-corrected chi connectivity index (χ1v) is 9.68. The molecule has 0 radical (unpaired) electrons. The fraction of sp³-hybridized carbons (Fsp3) is 0.278. The molecule has 0 saturated heterocycles. The Labute approximate surface area is 154 Å². The van der Waals surface area contributed by atoms with Gasteiger partial charge >= 0.3 is 5.97 Å². The molecule has 128 valence electrons. The first-order valence-electron chi connectivity index (χ1n) is 7.55. The molecule has 6 heteroatoms.